The smallest absolute Gasteiger partial charge is 0.241 e. The van der Waals surface area contributed by atoms with Crippen molar-refractivity contribution in [2.24, 2.45) is 10.4 Å². The molecule has 0 radical (unpaired) electrons. The molecule has 1 aromatic rings. The molecule has 1 spiro atoms. The Labute approximate surface area is 157 Å². The maximum atomic E-state index is 12.1. The summed E-state index contributed by atoms with van der Waals surface area (Å²) in [5, 5.41) is 6.34. The second-order valence-electron chi connectivity index (χ2n) is 7.63. The second-order valence-corrected chi connectivity index (χ2v) is 7.63. The van der Waals surface area contributed by atoms with Crippen LogP contribution < -0.4 is 10.6 Å². The van der Waals surface area contributed by atoms with Crippen LogP contribution in [0.2, 0.25) is 0 Å². The maximum Gasteiger partial charge on any atom is 0.241 e. The average molecular weight is 357 g/mol. The number of carbonyl (C=O) groups excluding carboxylic acids is 1. The van der Waals surface area contributed by atoms with Crippen LogP contribution in [0.15, 0.2) is 35.3 Å². The van der Waals surface area contributed by atoms with Crippen molar-refractivity contribution in [3.63, 3.8) is 0 Å². The highest BCUT2D eigenvalue weighted by Crippen LogP contribution is 2.45. The van der Waals surface area contributed by atoms with E-state index in [-0.39, 0.29) is 12.5 Å². The van der Waals surface area contributed by atoms with Gasteiger partial charge in [-0.2, -0.15) is 0 Å². The molecule has 1 aliphatic heterocycles. The van der Waals surface area contributed by atoms with Crippen molar-refractivity contribution in [2.75, 3.05) is 32.7 Å². The van der Waals surface area contributed by atoms with E-state index in [1.165, 1.54) is 37.7 Å². The van der Waals surface area contributed by atoms with Gasteiger partial charge in [0.1, 0.15) is 6.54 Å². The Morgan fingerprint density at radius 1 is 1.15 bits per heavy atom. The molecule has 1 aromatic carbocycles. The fourth-order valence-corrected chi connectivity index (χ4v) is 4.27. The van der Waals surface area contributed by atoms with Gasteiger partial charge in [0.15, 0.2) is 5.96 Å². The summed E-state index contributed by atoms with van der Waals surface area (Å²) in [6.07, 6.45) is 7.55. The number of rotatable bonds is 6. The first-order valence-corrected chi connectivity index (χ1v) is 10.0. The molecule has 1 saturated carbocycles. The lowest BCUT2D eigenvalue weighted by Crippen LogP contribution is -2.42. The summed E-state index contributed by atoms with van der Waals surface area (Å²) in [4.78, 5) is 19.1. The zero-order valence-corrected chi connectivity index (χ0v) is 16.0. The van der Waals surface area contributed by atoms with Crippen LogP contribution in [-0.4, -0.2) is 49.5 Å². The van der Waals surface area contributed by atoms with E-state index in [1.807, 2.05) is 18.2 Å². The lowest BCUT2D eigenvalue weighted by molar-refractivity contribution is -0.119. The molecular formula is C21H32N4O. The van der Waals surface area contributed by atoms with E-state index in [0.29, 0.717) is 12.0 Å². The van der Waals surface area contributed by atoms with Crippen molar-refractivity contribution in [1.29, 1.82) is 0 Å². The largest absolute Gasteiger partial charge is 0.357 e. The highest BCUT2D eigenvalue weighted by molar-refractivity contribution is 5.85. The lowest BCUT2D eigenvalue weighted by Gasteiger charge is -2.25. The number of nitrogens with zero attached hydrogens (tertiary/aromatic N) is 2. The van der Waals surface area contributed by atoms with Crippen molar-refractivity contribution in [2.45, 2.75) is 45.4 Å². The Balaban J connectivity index is 1.46. The fourth-order valence-electron chi connectivity index (χ4n) is 4.27. The predicted molar refractivity (Wildman–Crippen MR) is 106 cm³/mol. The quantitative estimate of drug-likeness (QED) is 0.608. The van der Waals surface area contributed by atoms with Crippen molar-refractivity contribution in [1.82, 2.24) is 15.5 Å². The van der Waals surface area contributed by atoms with Gasteiger partial charge in [0.25, 0.3) is 0 Å². The zero-order chi connectivity index (χ0) is 18.2. The first-order chi connectivity index (χ1) is 12.7. The highest BCUT2D eigenvalue weighted by Gasteiger charge is 2.41. The third-order valence-corrected chi connectivity index (χ3v) is 5.69. The Bertz CT molecular complexity index is 608. The number of likely N-dealkylation sites (tertiary alicyclic amines) is 1. The van der Waals surface area contributed by atoms with E-state index in [2.05, 4.69) is 39.6 Å². The third-order valence-electron chi connectivity index (χ3n) is 5.69. The summed E-state index contributed by atoms with van der Waals surface area (Å²) in [6.45, 7) is 5.91. The van der Waals surface area contributed by atoms with Crippen molar-refractivity contribution in [3.05, 3.63) is 35.9 Å². The molecule has 1 aliphatic carbocycles. The minimum atomic E-state index is -0.00823. The van der Waals surface area contributed by atoms with Gasteiger partial charge in [0, 0.05) is 26.2 Å². The number of aliphatic imine (C=N–C) groups is 1. The molecule has 1 saturated heterocycles. The number of carbonyl (C=O) groups is 1. The van der Waals surface area contributed by atoms with Gasteiger partial charge < -0.3 is 15.5 Å². The van der Waals surface area contributed by atoms with Crippen LogP contribution in [-0.2, 0) is 11.2 Å². The second kappa shape index (κ2) is 9.06. The van der Waals surface area contributed by atoms with E-state index >= 15 is 0 Å². The average Bonchev–Trinajstić information content (AvgIpc) is 3.30. The third kappa shape index (κ3) is 4.99. The number of benzene rings is 1. The van der Waals surface area contributed by atoms with E-state index in [9.17, 15) is 4.79 Å². The molecule has 0 atom stereocenters. The van der Waals surface area contributed by atoms with E-state index in [0.717, 1.165) is 32.0 Å². The van der Waals surface area contributed by atoms with Crippen LogP contribution in [0.4, 0.5) is 0 Å². The van der Waals surface area contributed by atoms with Crippen LogP contribution in [0.25, 0.3) is 0 Å². The monoisotopic (exact) mass is 356 g/mol. The van der Waals surface area contributed by atoms with E-state index < -0.39 is 0 Å². The van der Waals surface area contributed by atoms with Crippen LogP contribution in [0.1, 0.15) is 44.6 Å². The Hall–Kier alpha value is -2.04. The molecule has 0 aromatic heterocycles. The maximum absolute atomic E-state index is 12.1. The van der Waals surface area contributed by atoms with Crippen LogP contribution >= 0.6 is 0 Å². The molecule has 142 valence electrons. The summed E-state index contributed by atoms with van der Waals surface area (Å²) >= 11 is 0. The molecule has 2 aliphatic rings. The minimum Gasteiger partial charge on any atom is -0.357 e. The molecule has 1 heterocycles. The van der Waals surface area contributed by atoms with Crippen LogP contribution in [0.3, 0.4) is 0 Å². The molecule has 26 heavy (non-hydrogen) atoms. The molecule has 5 heteroatoms. The standard InChI is InChI=1S/C21H32N4O/c1-2-22-20(25-15-13-21(17-25)11-6-7-12-21)24-16-19(26)23-14-10-18-8-4-3-5-9-18/h3-5,8-9H,2,6-7,10-17H2,1H3,(H,22,24)(H,23,26). The summed E-state index contributed by atoms with van der Waals surface area (Å²) < 4.78 is 0. The Kier molecular flexibility index (Phi) is 6.53. The molecule has 5 nitrogen and oxygen atoms in total. The van der Waals surface area contributed by atoms with Gasteiger partial charge in [-0.1, -0.05) is 43.2 Å². The van der Waals surface area contributed by atoms with Crippen molar-refractivity contribution < 1.29 is 4.79 Å². The zero-order valence-electron chi connectivity index (χ0n) is 16.0. The van der Waals surface area contributed by atoms with Crippen LogP contribution in [0, 0.1) is 5.41 Å². The molecule has 1 amide bonds. The molecule has 2 fully saturated rings. The Morgan fingerprint density at radius 2 is 1.92 bits per heavy atom. The van der Waals surface area contributed by atoms with Gasteiger partial charge in [-0.25, -0.2) is 4.99 Å². The molecular weight excluding hydrogens is 324 g/mol. The number of guanidine groups is 1. The number of nitrogens with one attached hydrogen (secondary N) is 2. The fraction of sp³-hybridized carbons (Fsp3) is 0.619. The van der Waals surface area contributed by atoms with Crippen molar-refractivity contribution in [3.8, 4) is 0 Å². The lowest BCUT2D eigenvalue weighted by atomic mass is 9.86. The van der Waals surface area contributed by atoms with E-state index in [4.69, 9.17) is 0 Å². The first-order valence-electron chi connectivity index (χ1n) is 10.0. The van der Waals surface area contributed by atoms with Gasteiger partial charge in [-0.05, 0) is 43.6 Å². The summed E-state index contributed by atoms with van der Waals surface area (Å²) in [5.74, 6) is 0.889. The number of amides is 1. The van der Waals surface area contributed by atoms with Gasteiger partial charge in [0.05, 0.1) is 0 Å². The van der Waals surface area contributed by atoms with Crippen LogP contribution in [0.5, 0.6) is 0 Å². The molecule has 0 bridgehead atoms. The highest BCUT2D eigenvalue weighted by atomic mass is 16.1. The Morgan fingerprint density at radius 3 is 2.65 bits per heavy atom. The van der Waals surface area contributed by atoms with Gasteiger partial charge in [0.2, 0.25) is 5.91 Å². The molecule has 3 rings (SSSR count). The first kappa shape index (κ1) is 18.7. The summed E-state index contributed by atoms with van der Waals surface area (Å²) in [6, 6.07) is 10.2. The normalized spacial score (nSPS) is 19.1. The van der Waals surface area contributed by atoms with Gasteiger partial charge in [-0.3, -0.25) is 4.79 Å². The topological polar surface area (TPSA) is 56.7 Å². The molecule has 0 unspecified atom stereocenters. The number of hydrogen-bond acceptors (Lipinski definition) is 2. The van der Waals surface area contributed by atoms with Gasteiger partial charge >= 0.3 is 0 Å². The SMILES string of the molecule is CCNC(=NCC(=O)NCCc1ccccc1)N1CCC2(CCCC2)C1. The van der Waals surface area contributed by atoms with E-state index in [1.54, 1.807) is 0 Å². The van der Waals surface area contributed by atoms with Crippen molar-refractivity contribution >= 4 is 11.9 Å². The minimum absolute atomic E-state index is 0.00823. The number of hydrogen-bond donors (Lipinski definition) is 2. The van der Waals surface area contributed by atoms with Gasteiger partial charge in [-0.15, -0.1) is 0 Å². The summed E-state index contributed by atoms with van der Waals surface area (Å²) in [5.41, 5.74) is 1.75. The molecule has 2 N–H and O–H groups in total. The predicted octanol–water partition coefficient (Wildman–Crippen LogP) is 2.58. The summed E-state index contributed by atoms with van der Waals surface area (Å²) in [7, 11) is 0.